The fraction of sp³-hybridized carbons (Fsp3) is 0.273. The molecule has 1 heterocycles. The maximum atomic E-state index is 9.64. The summed E-state index contributed by atoms with van der Waals surface area (Å²) in [5.74, 6) is 0. The van der Waals surface area contributed by atoms with Crippen LogP contribution in [0.5, 0.6) is 0 Å². The van der Waals surface area contributed by atoms with Crippen molar-refractivity contribution in [1.82, 2.24) is 0 Å². The molecule has 2 heteroatoms. The molecule has 0 spiro atoms. The summed E-state index contributed by atoms with van der Waals surface area (Å²) in [5.41, 5.74) is 0. The Kier molecular flexibility index (Phi) is 2.34. The third-order valence-corrected chi connectivity index (χ3v) is 3.38. The van der Waals surface area contributed by atoms with Gasteiger partial charge in [-0.2, -0.15) is 0 Å². The summed E-state index contributed by atoms with van der Waals surface area (Å²) in [6.07, 6.45) is 0.490. The molecule has 0 amide bonds. The molecular formula is C11H12OS. The summed E-state index contributed by atoms with van der Waals surface area (Å²) in [5, 5.41) is 10.9. The summed E-state index contributed by atoms with van der Waals surface area (Å²) in [6.45, 7) is 2.00. The average Bonchev–Trinajstić information content (AvgIpc) is 2.59. The zero-order chi connectivity index (χ0) is 9.26. The lowest BCUT2D eigenvalue weighted by molar-refractivity contribution is 0.177. The molecule has 0 saturated carbocycles. The zero-order valence-electron chi connectivity index (χ0n) is 7.53. The van der Waals surface area contributed by atoms with E-state index in [1.165, 1.54) is 10.1 Å². The molecule has 68 valence electrons. The standard InChI is InChI=1S/C11H12OS/c1-2-9(12)11-7-8-5-3-4-6-10(8)13-11/h3-7,9,12H,2H2,1H3/t9-/m0/s1. The van der Waals surface area contributed by atoms with Gasteiger partial charge in [-0.15, -0.1) is 11.3 Å². The number of thiophene rings is 1. The molecule has 1 aromatic heterocycles. The van der Waals surface area contributed by atoms with Crippen molar-refractivity contribution in [2.24, 2.45) is 0 Å². The van der Waals surface area contributed by atoms with Gasteiger partial charge in [-0.25, -0.2) is 0 Å². The van der Waals surface area contributed by atoms with Crippen molar-refractivity contribution < 1.29 is 5.11 Å². The second-order valence-corrected chi connectivity index (χ2v) is 4.23. The SMILES string of the molecule is CC[C@H](O)c1cc2ccccc2s1. The summed E-state index contributed by atoms with van der Waals surface area (Å²) in [4.78, 5) is 1.07. The van der Waals surface area contributed by atoms with Crippen molar-refractivity contribution in [2.75, 3.05) is 0 Å². The Morgan fingerprint density at radius 2 is 2.15 bits per heavy atom. The number of hydrogen-bond acceptors (Lipinski definition) is 2. The van der Waals surface area contributed by atoms with Crippen molar-refractivity contribution in [2.45, 2.75) is 19.4 Å². The van der Waals surface area contributed by atoms with Gasteiger partial charge in [-0.05, 0) is 23.9 Å². The van der Waals surface area contributed by atoms with Gasteiger partial charge in [0.2, 0.25) is 0 Å². The minimum atomic E-state index is -0.294. The van der Waals surface area contributed by atoms with E-state index in [4.69, 9.17) is 0 Å². The molecule has 2 rings (SSSR count). The maximum Gasteiger partial charge on any atom is 0.0879 e. The first-order chi connectivity index (χ1) is 6.31. The Balaban J connectivity index is 2.49. The highest BCUT2D eigenvalue weighted by atomic mass is 32.1. The van der Waals surface area contributed by atoms with Crippen LogP contribution >= 0.6 is 11.3 Å². The van der Waals surface area contributed by atoms with Crippen LogP contribution in [0.4, 0.5) is 0 Å². The van der Waals surface area contributed by atoms with Crippen LogP contribution in [0.2, 0.25) is 0 Å². The van der Waals surface area contributed by atoms with Crippen molar-refractivity contribution >= 4 is 21.4 Å². The molecule has 0 radical (unpaired) electrons. The summed E-state index contributed by atoms with van der Waals surface area (Å²) < 4.78 is 1.25. The molecule has 0 fully saturated rings. The second kappa shape index (κ2) is 3.48. The van der Waals surface area contributed by atoms with Gasteiger partial charge in [0.15, 0.2) is 0 Å². The molecule has 1 aromatic carbocycles. The highest BCUT2D eigenvalue weighted by molar-refractivity contribution is 7.19. The van der Waals surface area contributed by atoms with Crippen LogP contribution in [0, 0.1) is 0 Å². The van der Waals surface area contributed by atoms with Crippen LogP contribution in [0.15, 0.2) is 30.3 Å². The predicted octanol–water partition coefficient (Wildman–Crippen LogP) is 3.34. The van der Waals surface area contributed by atoms with E-state index >= 15 is 0 Å². The summed E-state index contributed by atoms with van der Waals surface area (Å²) >= 11 is 1.68. The van der Waals surface area contributed by atoms with Crippen molar-refractivity contribution in [3.8, 4) is 0 Å². The van der Waals surface area contributed by atoms with E-state index in [1.807, 2.05) is 19.1 Å². The molecule has 0 aliphatic rings. The summed E-state index contributed by atoms with van der Waals surface area (Å²) in [7, 11) is 0. The monoisotopic (exact) mass is 192 g/mol. The Hall–Kier alpha value is -0.860. The van der Waals surface area contributed by atoms with Gasteiger partial charge in [0.1, 0.15) is 0 Å². The lowest BCUT2D eigenvalue weighted by Gasteiger charge is -2.01. The van der Waals surface area contributed by atoms with E-state index in [9.17, 15) is 5.11 Å². The first kappa shape index (κ1) is 8.73. The smallest absolute Gasteiger partial charge is 0.0879 e. The van der Waals surface area contributed by atoms with E-state index in [0.717, 1.165) is 11.3 Å². The third-order valence-electron chi connectivity index (χ3n) is 2.16. The highest BCUT2D eigenvalue weighted by Gasteiger charge is 2.08. The lowest BCUT2D eigenvalue weighted by atomic mass is 10.2. The number of rotatable bonds is 2. The molecule has 2 aromatic rings. The molecule has 0 aliphatic carbocycles. The Labute approximate surface area is 81.6 Å². The molecule has 1 nitrogen and oxygen atoms in total. The van der Waals surface area contributed by atoms with Crippen LogP contribution < -0.4 is 0 Å². The van der Waals surface area contributed by atoms with Gasteiger partial charge < -0.3 is 5.11 Å². The molecule has 1 atom stereocenters. The average molecular weight is 192 g/mol. The predicted molar refractivity (Wildman–Crippen MR) is 57.1 cm³/mol. The molecule has 0 bridgehead atoms. The number of benzene rings is 1. The maximum absolute atomic E-state index is 9.64. The fourth-order valence-electron chi connectivity index (χ4n) is 1.37. The van der Waals surface area contributed by atoms with Crippen LogP contribution in [-0.2, 0) is 0 Å². The second-order valence-electron chi connectivity index (χ2n) is 3.11. The fourth-order valence-corrected chi connectivity index (χ4v) is 2.50. The van der Waals surface area contributed by atoms with E-state index in [1.54, 1.807) is 11.3 Å². The first-order valence-corrected chi connectivity index (χ1v) is 5.29. The van der Waals surface area contributed by atoms with Crippen LogP contribution in [0.25, 0.3) is 10.1 Å². The van der Waals surface area contributed by atoms with Crippen molar-refractivity contribution in [1.29, 1.82) is 0 Å². The van der Waals surface area contributed by atoms with Crippen LogP contribution in [0.1, 0.15) is 24.3 Å². The Morgan fingerprint density at radius 3 is 2.85 bits per heavy atom. The van der Waals surface area contributed by atoms with Crippen LogP contribution in [0.3, 0.4) is 0 Å². The van der Waals surface area contributed by atoms with Crippen molar-refractivity contribution in [3.05, 3.63) is 35.2 Å². The normalized spacial score (nSPS) is 13.4. The van der Waals surface area contributed by atoms with Gasteiger partial charge in [0, 0.05) is 9.58 Å². The largest absolute Gasteiger partial charge is 0.388 e. The van der Waals surface area contributed by atoms with Gasteiger partial charge in [0.05, 0.1) is 6.10 Å². The van der Waals surface area contributed by atoms with Crippen molar-refractivity contribution in [3.63, 3.8) is 0 Å². The van der Waals surface area contributed by atoms with E-state index in [2.05, 4.69) is 18.2 Å². The first-order valence-electron chi connectivity index (χ1n) is 4.48. The van der Waals surface area contributed by atoms with E-state index in [-0.39, 0.29) is 6.10 Å². The van der Waals surface area contributed by atoms with Gasteiger partial charge in [-0.3, -0.25) is 0 Å². The van der Waals surface area contributed by atoms with E-state index < -0.39 is 0 Å². The minimum Gasteiger partial charge on any atom is -0.388 e. The van der Waals surface area contributed by atoms with Gasteiger partial charge in [0.25, 0.3) is 0 Å². The highest BCUT2D eigenvalue weighted by Crippen LogP contribution is 2.30. The van der Waals surface area contributed by atoms with Gasteiger partial charge in [-0.1, -0.05) is 25.1 Å². The van der Waals surface area contributed by atoms with Gasteiger partial charge >= 0.3 is 0 Å². The Morgan fingerprint density at radius 1 is 1.38 bits per heavy atom. The third kappa shape index (κ3) is 1.60. The summed E-state index contributed by atoms with van der Waals surface area (Å²) in [6, 6.07) is 10.3. The van der Waals surface area contributed by atoms with Crippen LogP contribution in [-0.4, -0.2) is 5.11 Å². The number of aliphatic hydroxyl groups excluding tert-OH is 1. The zero-order valence-corrected chi connectivity index (χ0v) is 8.34. The van der Waals surface area contributed by atoms with E-state index in [0.29, 0.717) is 0 Å². The molecule has 0 aliphatic heterocycles. The number of aliphatic hydroxyl groups is 1. The molecule has 13 heavy (non-hydrogen) atoms. The molecule has 1 N–H and O–H groups in total. The Bertz CT molecular complexity index is 372. The number of fused-ring (bicyclic) bond motifs is 1. The molecular weight excluding hydrogens is 180 g/mol. The topological polar surface area (TPSA) is 20.2 Å². The lowest BCUT2D eigenvalue weighted by Crippen LogP contribution is -1.89. The quantitative estimate of drug-likeness (QED) is 0.773. The number of hydrogen-bond donors (Lipinski definition) is 1. The molecule has 0 saturated heterocycles. The minimum absolute atomic E-state index is 0.294. The molecule has 0 unspecified atom stereocenters.